The molecule has 1 saturated heterocycles. The Morgan fingerprint density at radius 3 is 2.31 bits per heavy atom. The molecule has 1 fully saturated rings. The molecule has 2 heterocycles. The molecule has 0 bridgehead atoms. The Kier molecular flexibility index (Phi) is 11.8. The molecule has 1 aromatic heterocycles. The number of nitrogens with zero attached hydrogens (tertiary/aromatic N) is 2. The number of nitrogens with one attached hydrogen (secondary N) is 2. The second-order valence-corrected chi connectivity index (χ2v) is 9.95. The topological polar surface area (TPSA) is 183 Å². The maximum Gasteiger partial charge on any atom is 0.481 e. The summed E-state index contributed by atoms with van der Waals surface area (Å²) in [5.41, 5.74) is 0.885. The summed E-state index contributed by atoms with van der Waals surface area (Å²) in [6, 6.07) is 8.23. The Balaban J connectivity index is 1.82. The van der Waals surface area contributed by atoms with Crippen molar-refractivity contribution in [1.82, 2.24) is 20.6 Å². The Morgan fingerprint density at radius 2 is 1.72 bits per heavy atom. The van der Waals surface area contributed by atoms with Crippen LogP contribution in [0, 0.1) is 5.92 Å². The predicted molar refractivity (Wildman–Crippen MR) is 141 cm³/mol. The van der Waals surface area contributed by atoms with Gasteiger partial charge < -0.3 is 40.4 Å². The van der Waals surface area contributed by atoms with Gasteiger partial charge in [-0.3, -0.25) is 14.6 Å². The van der Waals surface area contributed by atoms with E-state index in [0.717, 1.165) is 5.56 Å². The molecule has 2 amide bonds. The fourth-order valence-electron chi connectivity index (χ4n) is 4.44. The molecule has 3 rings (SSSR count). The van der Waals surface area contributed by atoms with Gasteiger partial charge in [-0.25, -0.2) is 4.98 Å². The molecule has 0 saturated carbocycles. The lowest BCUT2D eigenvalue weighted by Crippen LogP contribution is -2.55. The van der Waals surface area contributed by atoms with Crippen LogP contribution in [0.2, 0.25) is 0 Å². The summed E-state index contributed by atoms with van der Waals surface area (Å²) < 4.78 is 11.9. The average Bonchev–Trinajstić information content (AvgIpc) is 3.38. The second kappa shape index (κ2) is 15.0. The molecule has 212 valence electrons. The van der Waals surface area contributed by atoms with Crippen molar-refractivity contribution in [3.8, 4) is 0 Å². The summed E-state index contributed by atoms with van der Waals surface area (Å²) in [6.45, 7) is 2.96. The summed E-state index contributed by atoms with van der Waals surface area (Å²) in [7, 11) is -1.06. The fraction of sp³-hybridized carbons (Fsp3) is 0.538. The van der Waals surface area contributed by atoms with E-state index in [-0.39, 0.29) is 31.1 Å². The van der Waals surface area contributed by atoms with Crippen molar-refractivity contribution in [3.63, 3.8) is 0 Å². The van der Waals surface area contributed by atoms with Gasteiger partial charge in [0.25, 0.3) is 5.91 Å². The zero-order valence-corrected chi connectivity index (χ0v) is 22.1. The third kappa shape index (κ3) is 8.78. The van der Waals surface area contributed by atoms with Crippen molar-refractivity contribution in [2.75, 3.05) is 13.2 Å². The van der Waals surface area contributed by atoms with E-state index in [1.807, 2.05) is 44.2 Å². The number of carbonyl (C=O) groups excluding carboxylic acids is 2. The van der Waals surface area contributed by atoms with E-state index in [0.29, 0.717) is 6.42 Å². The largest absolute Gasteiger partial charge is 0.481 e. The van der Waals surface area contributed by atoms with Crippen LogP contribution >= 0.6 is 0 Å². The van der Waals surface area contributed by atoms with Gasteiger partial charge in [-0.2, -0.15) is 0 Å². The third-order valence-electron chi connectivity index (χ3n) is 6.36. The first-order valence-electron chi connectivity index (χ1n) is 13.0. The van der Waals surface area contributed by atoms with E-state index in [1.54, 1.807) is 0 Å². The Morgan fingerprint density at radius 1 is 1.03 bits per heavy atom. The van der Waals surface area contributed by atoms with Crippen LogP contribution in [0.15, 0.2) is 48.9 Å². The van der Waals surface area contributed by atoms with Crippen molar-refractivity contribution in [1.29, 1.82) is 0 Å². The minimum Gasteiger partial charge on any atom is -0.402 e. The van der Waals surface area contributed by atoms with E-state index in [9.17, 15) is 30.0 Å². The monoisotopic (exact) mass is 544 g/mol. The molecule has 39 heavy (non-hydrogen) atoms. The zero-order chi connectivity index (χ0) is 28.4. The molecule has 1 unspecified atom stereocenters. The maximum absolute atomic E-state index is 13.6. The molecule has 1 aromatic carbocycles. The van der Waals surface area contributed by atoms with E-state index < -0.39 is 61.9 Å². The molecule has 1 aliphatic rings. The minimum absolute atomic E-state index is 0.0236. The predicted octanol–water partition coefficient (Wildman–Crippen LogP) is -0.743. The summed E-state index contributed by atoms with van der Waals surface area (Å²) >= 11 is 0. The molecule has 0 spiro atoms. The highest BCUT2D eigenvalue weighted by Crippen LogP contribution is 2.27. The van der Waals surface area contributed by atoms with Crippen molar-refractivity contribution in [2.45, 2.75) is 69.5 Å². The first kappa shape index (κ1) is 30.6. The molecular formula is C26H37BN4O8. The van der Waals surface area contributed by atoms with E-state index in [1.165, 1.54) is 18.6 Å². The van der Waals surface area contributed by atoms with E-state index >= 15 is 0 Å². The van der Waals surface area contributed by atoms with Gasteiger partial charge in [0.2, 0.25) is 5.91 Å². The molecular weight excluding hydrogens is 507 g/mol. The standard InChI is InChI=1S/C26H37BN4O8/c1-16(2)12-22(27-38-23(20(34)8-11-32)24(39-27)21(35)15-33)31-25(36)18(13-17-6-4-3-5-7-17)30-26(37)19-14-28-9-10-29-19/h3-7,9-10,14,16,18,20-24,32-35H,8,11-13,15H2,1-2H3,(H,30,37)(H,31,36)/t18-,20+,21?,22-,23+,24+/m0/s1. The van der Waals surface area contributed by atoms with Crippen LogP contribution in [-0.4, -0.2) is 98.9 Å². The third-order valence-corrected chi connectivity index (χ3v) is 6.36. The highest BCUT2D eigenvalue weighted by atomic mass is 16.7. The number of aromatic nitrogens is 2. The van der Waals surface area contributed by atoms with Crippen molar-refractivity contribution in [2.24, 2.45) is 5.92 Å². The van der Waals surface area contributed by atoms with Crippen LogP contribution in [0.1, 0.15) is 42.7 Å². The lowest BCUT2D eigenvalue weighted by molar-refractivity contribution is -0.123. The number of hydrogen-bond acceptors (Lipinski definition) is 10. The maximum atomic E-state index is 13.6. The van der Waals surface area contributed by atoms with Crippen LogP contribution in [0.3, 0.4) is 0 Å². The average molecular weight is 544 g/mol. The van der Waals surface area contributed by atoms with Crippen molar-refractivity contribution >= 4 is 18.9 Å². The van der Waals surface area contributed by atoms with Crippen LogP contribution in [-0.2, 0) is 20.5 Å². The number of carbonyl (C=O) groups is 2. The SMILES string of the molecule is CC(C)C[C@H](NC(=O)[C@H](Cc1ccccc1)NC(=O)c1cnccn1)B1O[C@H]([C@H](O)CCO)[C@@H](C(O)CO)O1. The van der Waals surface area contributed by atoms with Gasteiger partial charge in [0.1, 0.15) is 17.8 Å². The number of aliphatic hydroxyl groups excluding tert-OH is 4. The van der Waals surface area contributed by atoms with Gasteiger partial charge in [0, 0.05) is 25.4 Å². The Hall–Kier alpha value is -2.94. The molecule has 2 aromatic rings. The molecule has 1 aliphatic heterocycles. The van der Waals surface area contributed by atoms with E-state index in [4.69, 9.17) is 9.31 Å². The van der Waals surface area contributed by atoms with Gasteiger partial charge in [0.15, 0.2) is 0 Å². The highest BCUT2D eigenvalue weighted by molar-refractivity contribution is 6.47. The van der Waals surface area contributed by atoms with Crippen LogP contribution < -0.4 is 10.6 Å². The Labute approximate surface area is 227 Å². The van der Waals surface area contributed by atoms with Crippen LogP contribution in [0.4, 0.5) is 0 Å². The molecule has 13 heteroatoms. The zero-order valence-electron chi connectivity index (χ0n) is 22.1. The Bertz CT molecular complexity index is 1040. The van der Waals surface area contributed by atoms with Gasteiger partial charge in [-0.15, -0.1) is 0 Å². The first-order chi connectivity index (χ1) is 18.7. The normalized spacial score (nSPS) is 20.3. The van der Waals surface area contributed by atoms with Gasteiger partial charge in [0.05, 0.1) is 37.1 Å². The fourth-order valence-corrected chi connectivity index (χ4v) is 4.44. The molecule has 6 N–H and O–H groups in total. The summed E-state index contributed by atoms with van der Waals surface area (Å²) in [5, 5.41) is 45.2. The lowest BCUT2D eigenvalue weighted by Gasteiger charge is -2.26. The van der Waals surface area contributed by atoms with Crippen molar-refractivity contribution in [3.05, 3.63) is 60.2 Å². The summed E-state index contributed by atoms with van der Waals surface area (Å²) in [6.07, 6.45) is 0.0860. The van der Waals surface area contributed by atoms with Crippen LogP contribution in [0.25, 0.3) is 0 Å². The second-order valence-electron chi connectivity index (χ2n) is 9.95. The first-order valence-corrected chi connectivity index (χ1v) is 13.0. The highest BCUT2D eigenvalue weighted by Gasteiger charge is 2.50. The number of aliphatic hydroxyl groups is 4. The summed E-state index contributed by atoms with van der Waals surface area (Å²) in [4.78, 5) is 34.4. The number of benzene rings is 1. The van der Waals surface area contributed by atoms with Gasteiger partial charge in [-0.1, -0.05) is 44.2 Å². The quantitative estimate of drug-likeness (QED) is 0.166. The molecule has 0 radical (unpaired) electrons. The molecule has 6 atom stereocenters. The lowest BCUT2D eigenvalue weighted by atomic mass is 9.74. The van der Waals surface area contributed by atoms with Crippen LogP contribution in [0.5, 0.6) is 0 Å². The van der Waals surface area contributed by atoms with Gasteiger partial charge in [-0.05, 0) is 24.3 Å². The van der Waals surface area contributed by atoms with E-state index in [2.05, 4.69) is 20.6 Å². The summed E-state index contributed by atoms with van der Waals surface area (Å²) in [5.74, 6) is -1.69. The number of rotatable bonds is 14. The van der Waals surface area contributed by atoms with Gasteiger partial charge >= 0.3 is 7.12 Å². The van der Waals surface area contributed by atoms with Crippen molar-refractivity contribution < 1.29 is 39.3 Å². The molecule has 0 aliphatic carbocycles. The number of hydrogen-bond donors (Lipinski definition) is 6. The molecule has 12 nitrogen and oxygen atoms in total. The minimum atomic E-state index is -1.35. The number of amides is 2. The smallest absolute Gasteiger partial charge is 0.402 e.